The molecule has 0 bridgehead atoms. The Hall–Kier alpha value is -3.49. The predicted octanol–water partition coefficient (Wildman–Crippen LogP) is 0.952. The summed E-state index contributed by atoms with van der Waals surface area (Å²) in [6.45, 7) is 4.42. The van der Waals surface area contributed by atoms with Crippen molar-refractivity contribution in [3.63, 3.8) is 0 Å². The molecule has 0 unspecified atom stereocenters. The molecular weight excluding hydrogens is 372 g/mol. The molecule has 3 aromatic rings. The van der Waals surface area contributed by atoms with Gasteiger partial charge in [-0.1, -0.05) is 6.07 Å². The van der Waals surface area contributed by atoms with Crippen LogP contribution in [0.1, 0.15) is 36.3 Å². The molecule has 0 aliphatic carbocycles. The van der Waals surface area contributed by atoms with Crippen molar-refractivity contribution in [1.29, 1.82) is 0 Å². The molecule has 2 amide bonds. The quantitative estimate of drug-likeness (QED) is 0.669. The zero-order valence-electron chi connectivity index (χ0n) is 16.3. The fourth-order valence-electron chi connectivity index (χ4n) is 3.57. The van der Waals surface area contributed by atoms with Gasteiger partial charge in [0.05, 0.1) is 17.7 Å². The first-order valence-electron chi connectivity index (χ1n) is 9.47. The first-order valence-corrected chi connectivity index (χ1v) is 9.47. The molecule has 3 aromatic heterocycles. The Morgan fingerprint density at radius 2 is 2.21 bits per heavy atom. The summed E-state index contributed by atoms with van der Waals surface area (Å²) in [6, 6.07) is 6.45. The van der Waals surface area contributed by atoms with Gasteiger partial charge in [-0.15, -0.1) is 0 Å². The Balaban J connectivity index is 1.42. The number of pyridine rings is 1. The van der Waals surface area contributed by atoms with Gasteiger partial charge >= 0.3 is 0 Å². The van der Waals surface area contributed by atoms with Gasteiger partial charge in [0.1, 0.15) is 0 Å². The van der Waals surface area contributed by atoms with E-state index >= 15 is 0 Å². The highest BCUT2D eigenvalue weighted by atomic mass is 16.2. The molecule has 9 nitrogen and oxygen atoms in total. The van der Waals surface area contributed by atoms with Gasteiger partial charge < -0.3 is 10.2 Å². The summed E-state index contributed by atoms with van der Waals surface area (Å²) in [5.74, 6) is -0.699. The van der Waals surface area contributed by atoms with Gasteiger partial charge in [-0.25, -0.2) is 9.50 Å². The highest BCUT2D eigenvalue weighted by molar-refractivity contribution is 5.89. The average Bonchev–Trinajstić information content (AvgIpc) is 3.25. The van der Waals surface area contributed by atoms with E-state index in [1.165, 1.54) is 10.6 Å². The number of nitrogens with zero attached hydrogens (tertiary/aromatic N) is 4. The van der Waals surface area contributed by atoms with Gasteiger partial charge in [-0.3, -0.25) is 24.5 Å². The van der Waals surface area contributed by atoms with E-state index in [0.717, 1.165) is 11.3 Å². The fourth-order valence-corrected chi connectivity index (χ4v) is 3.57. The normalized spacial score (nSPS) is 17.7. The lowest BCUT2D eigenvalue weighted by molar-refractivity contribution is -0.129. The minimum absolute atomic E-state index is 0.0535. The van der Waals surface area contributed by atoms with Crippen molar-refractivity contribution in [2.24, 2.45) is 5.92 Å². The van der Waals surface area contributed by atoms with E-state index in [-0.39, 0.29) is 23.8 Å². The Kier molecular flexibility index (Phi) is 4.87. The Morgan fingerprint density at radius 1 is 1.38 bits per heavy atom. The van der Waals surface area contributed by atoms with E-state index < -0.39 is 12.0 Å². The molecule has 0 spiro atoms. The SMILES string of the molecule is Cc1cc2nc([C@H](C)NC(=O)[C@H]3CC(=O)N(Cc4cccnc4)C3)cc(=O)n2[nH]1. The molecular formula is C20H22N6O3. The van der Waals surface area contributed by atoms with Crippen LogP contribution in [0.4, 0.5) is 0 Å². The maximum atomic E-state index is 12.7. The van der Waals surface area contributed by atoms with Crippen LogP contribution in [0.25, 0.3) is 5.65 Å². The first kappa shape index (κ1) is 18.9. The minimum atomic E-state index is -0.446. The summed E-state index contributed by atoms with van der Waals surface area (Å²) in [5, 5.41) is 5.81. The molecule has 29 heavy (non-hydrogen) atoms. The van der Waals surface area contributed by atoms with E-state index in [2.05, 4.69) is 20.4 Å². The van der Waals surface area contributed by atoms with Gasteiger partial charge in [0.2, 0.25) is 11.8 Å². The van der Waals surface area contributed by atoms with Gasteiger partial charge in [0.25, 0.3) is 5.56 Å². The largest absolute Gasteiger partial charge is 0.348 e. The molecule has 9 heteroatoms. The zero-order valence-corrected chi connectivity index (χ0v) is 16.3. The number of carbonyl (C=O) groups is 2. The number of carbonyl (C=O) groups excluding carboxylic acids is 2. The highest BCUT2D eigenvalue weighted by Crippen LogP contribution is 2.21. The molecule has 1 saturated heterocycles. The number of rotatable bonds is 5. The number of fused-ring (bicyclic) bond motifs is 1. The van der Waals surface area contributed by atoms with Crippen LogP contribution in [0.2, 0.25) is 0 Å². The van der Waals surface area contributed by atoms with Gasteiger partial charge in [0.15, 0.2) is 5.65 Å². The molecule has 1 aliphatic rings. The number of aromatic amines is 1. The third-order valence-corrected chi connectivity index (χ3v) is 5.08. The number of H-pyrrole nitrogens is 1. The maximum absolute atomic E-state index is 12.7. The number of aryl methyl sites for hydroxylation is 1. The van der Waals surface area contributed by atoms with E-state index in [9.17, 15) is 14.4 Å². The van der Waals surface area contributed by atoms with Crippen molar-refractivity contribution in [2.75, 3.05) is 6.54 Å². The van der Waals surface area contributed by atoms with Crippen molar-refractivity contribution in [2.45, 2.75) is 32.9 Å². The van der Waals surface area contributed by atoms with Crippen molar-refractivity contribution < 1.29 is 9.59 Å². The maximum Gasteiger partial charge on any atom is 0.272 e. The van der Waals surface area contributed by atoms with Crippen LogP contribution >= 0.6 is 0 Å². The Morgan fingerprint density at radius 3 is 2.97 bits per heavy atom. The first-order chi connectivity index (χ1) is 13.9. The summed E-state index contributed by atoms with van der Waals surface area (Å²) < 4.78 is 1.36. The smallest absolute Gasteiger partial charge is 0.272 e. The molecule has 2 atom stereocenters. The van der Waals surface area contributed by atoms with Crippen LogP contribution in [0, 0.1) is 12.8 Å². The van der Waals surface area contributed by atoms with Crippen molar-refractivity contribution in [1.82, 2.24) is 29.8 Å². The Labute approximate surface area is 166 Å². The van der Waals surface area contributed by atoms with Gasteiger partial charge in [-0.2, -0.15) is 0 Å². The summed E-state index contributed by atoms with van der Waals surface area (Å²) in [5.41, 5.74) is 2.50. The predicted molar refractivity (Wildman–Crippen MR) is 105 cm³/mol. The molecule has 1 fully saturated rings. The summed E-state index contributed by atoms with van der Waals surface area (Å²) >= 11 is 0. The van der Waals surface area contributed by atoms with E-state index in [1.54, 1.807) is 30.3 Å². The number of amides is 2. The van der Waals surface area contributed by atoms with Gasteiger partial charge in [0, 0.05) is 49.7 Å². The lowest BCUT2D eigenvalue weighted by Gasteiger charge is -2.18. The third kappa shape index (κ3) is 3.89. The number of aromatic nitrogens is 4. The zero-order chi connectivity index (χ0) is 20.5. The standard InChI is InChI=1S/C20H22N6O3/c1-12-6-17-23-16(8-19(28)26(17)24-12)13(2)22-20(29)15-7-18(27)25(11-15)10-14-4-3-5-21-9-14/h3-6,8-9,13,15,24H,7,10-11H2,1-2H3,(H,22,29)/t13-,15-/m0/s1. The van der Waals surface area contributed by atoms with E-state index in [1.807, 2.05) is 19.1 Å². The van der Waals surface area contributed by atoms with Crippen LogP contribution in [-0.2, 0) is 16.1 Å². The molecule has 4 heterocycles. The van der Waals surface area contributed by atoms with Gasteiger partial charge in [-0.05, 0) is 25.5 Å². The van der Waals surface area contributed by atoms with Crippen LogP contribution in [0.3, 0.4) is 0 Å². The fraction of sp³-hybridized carbons (Fsp3) is 0.350. The average molecular weight is 394 g/mol. The molecule has 0 aromatic carbocycles. The molecule has 0 saturated carbocycles. The van der Waals surface area contributed by atoms with E-state index in [4.69, 9.17) is 0 Å². The van der Waals surface area contributed by atoms with Crippen molar-refractivity contribution in [3.05, 3.63) is 64.0 Å². The molecule has 1 aliphatic heterocycles. The lowest BCUT2D eigenvalue weighted by Crippen LogP contribution is -2.35. The second-order valence-corrected chi connectivity index (χ2v) is 7.42. The summed E-state index contributed by atoms with van der Waals surface area (Å²) in [4.78, 5) is 47.4. The Bertz CT molecular complexity index is 1120. The molecule has 0 radical (unpaired) electrons. The minimum Gasteiger partial charge on any atom is -0.348 e. The lowest BCUT2D eigenvalue weighted by atomic mass is 10.1. The topological polar surface area (TPSA) is 112 Å². The number of likely N-dealkylation sites (tertiary alicyclic amines) is 1. The third-order valence-electron chi connectivity index (χ3n) is 5.08. The number of hydrogen-bond donors (Lipinski definition) is 2. The van der Waals surface area contributed by atoms with Crippen LogP contribution < -0.4 is 10.9 Å². The second kappa shape index (κ2) is 7.50. The summed E-state index contributed by atoms with van der Waals surface area (Å²) in [7, 11) is 0. The van der Waals surface area contributed by atoms with Crippen LogP contribution in [-0.4, -0.2) is 42.8 Å². The number of nitrogens with one attached hydrogen (secondary N) is 2. The van der Waals surface area contributed by atoms with Crippen LogP contribution in [0.5, 0.6) is 0 Å². The summed E-state index contributed by atoms with van der Waals surface area (Å²) in [6.07, 6.45) is 3.57. The molecule has 4 rings (SSSR count). The van der Waals surface area contributed by atoms with Crippen molar-refractivity contribution in [3.8, 4) is 0 Å². The van der Waals surface area contributed by atoms with Crippen molar-refractivity contribution >= 4 is 17.5 Å². The van der Waals surface area contributed by atoms with E-state index in [0.29, 0.717) is 24.4 Å². The molecule has 2 N–H and O–H groups in total. The molecule has 150 valence electrons. The highest BCUT2D eigenvalue weighted by Gasteiger charge is 2.34. The van der Waals surface area contributed by atoms with Crippen LogP contribution in [0.15, 0.2) is 41.5 Å². The number of hydrogen-bond acceptors (Lipinski definition) is 5. The monoisotopic (exact) mass is 394 g/mol. The second-order valence-electron chi connectivity index (χ2n) is 7.42.